The molecule has 0 aromatic heterocycles. The summed E-state index contributed by atoms with van der Waals surface area (Å²) in [6, 6.07) is 0. The van der Waals surface area contributed by atoms with E-state index in [2.05, 4.69) is 0 Å². The van der Waals surface area contributed by atoms with Crippen molar-refractivity contribution in [3.05, 3.63) is 11.8 Å². The van der Waals surface area contributed by atoms with Gasteiger partial charge < -0.3 is 14.6 Å². The van der Waals surface area contributed by atoms with E-state index in [1.807, 2.05) is 13.0 Å². The first-order valence-electron chi connectivity index (χ1n) is 5.40. The summed E-state index contributed by atoms with van der Waals surface area (Å²) in [7, 11) is 0. The van der Waals surface area contributed by atoms with Gasteiger partial charge in [-0.05, 0) is 32.3 Å². The largest absolute Gasteiger partial charge is 0.495 e. The maximum Gasteiger partial charge on any atom is 0.121 e. The van der Waals surface area contributed by atoms with Crippen LogP contribution in [0.15, 0.2) is 11.8 Å². The highest BCUT2D eigenvalue weighted by Crippen LogP contribution is 2.27. The molecule has 3 atom stereocenters. The fourth-order valence-electron chi connectivity index (χ4n) is 2.09. The van der Waals surface area contributed by atoms with Crippen molar-refractivity contribution in [2.75, 3.05) is 13.2 Å². The van der Waals surface area contributed by atoms with E-state index in [9.17, 15) is 5.11 Å². The quantitative estimate of drug-likeness (QED) is 0.730. The first-order chi connectivity index (χ1) is 6.77. The Balaban J connectivity index is 1.93. The molecule has 0 bridgehead atoms. The lowest BCUT2D eigenvalue weighted by Gasteiger charge is -2.23. The fraction of sp³-hybridized carbons (Fsp3) is 0.818. The zero-order valence-corrected chi connectivity index (χ0v) is 8.61. The average molecular weight is 198 g/mol. The molecule has 2 aliphatic heterocycles. The van der Waals surface area contributed by atoms with Gasteiger partial charge in [-0.15, -0.1) is 0 Å². The molecule has 0 aromatic carbocycles. The summed E-state index contributed by atoms with van der Waals surface area (Å²) in [5, 5.41) is 10.0. The number of hydrogen-bond donors (Lipinski definition) is 1. The van der Waals surface area contributed by atoms with E-state index in [0.717, 1.165) is 31.6 Å². The van der Waals surface area contributed by atoms with E-state index in [0.29, 0.717) is 6.61 Å². The number of rotatable bonds is 2. The third-order valence-electron chi connectivity index (χ3n) is 2.93. The van der Waals surface area contributed by atoms with E-state index in [1.165, 1.54) is 0 Å². The highest BCUT2D eigenvalue weighted by Gasteiger charge is 2.31. The molecule has 0 spiro atoms. The van der Waals surface area contributed by atoms with E-state index in [4.69, 9.17) is 9.47 Å². The monoisotopic (exact) mass is 198 g/mol. The Labute approximate surface area is 84.7 Å². The average Bonchev–Trinajstić information content (AvgIpc) is 2.65. The van der Waals surface area contributed by atoms with Gasteiger partial charge in [-0.1, -0.05) is 0 Å². The van der Waals surface area contributed by atoms with E-state index >= 15 is 0 Å². The van der Waals surface area contributed by atoms with Gasteiger partial charge in [0.1, 0.15) is 11.9 Å². The van der Waals surface area contributed by atoms with Crippen LogP contribution in [0.5, 0.6) is 0 Å². The number of allylic oxidation sites excluding steroid dienone is 1. The molecular formula is C11H18O3. The minimum atomic E-state index is -0.458. The molecule has 0 aromatic rings. The maximum absolute atomic E-state index is 10.0. The Kier molecular flexibility index (Phi) is 3.08. The molecule has 14 heavy (non-hydrogen) atoms. The van der Waals surface area contributed by atoms with Gasteiger partial charge in [0.2, 0.25) is 0 Å². The summed E-state index contributed by atoms with van der Waals surface area (Å²) in [5.41, 5.74) is 0. The lowest BCUT2D eigenvalue weighted by Crippen LogP contribution is -2.26. The lowest BCUT2D eigenvalue weighted by atomic mass is 9.97. The molecule has 3 nitrogen and oxygen atoms in total. The molecule has 2 aliphatic rings. The Morgan fingerprint density at radius 3 is 3.00 bits per heavy atom. The van der Waals surface area contributed by atoms with E-state index < -0.39 is 6.10 Å². The van der Waals surface area contributed by atoms with Crippen molar-refractivity contribution in [2.45, 2.75) is 38.4 Å². The smallest absolute Gasteiger partial charge is 0.121 e. The van der Waals surface area contributed by atoms with E-state index in [1.54, 1.807) is 0 Å². The SMILES string of the molecule is CC1CC(C(O)C2=CCCCO2)CO1. The second kappa shape index (κ2) is 4.32. The first kappa shape index (κ1) is 9.99. The maximum atomic E-state index is 10.0. The standard InChI is InChI=1S/C11H18O3/c1-8-6-9(7-14-8)11(12)10-4-2-3-5-13-10/h4,8-9,11-12H,2-3,5-7H2,1H3. The predicted molar refractivity (Wildman–Crippen MR) is 52.8 cm³/mol. The Bertz CT molecular complexity index is 225. The number of hydrogen-bond acceptors (Lipinski definition) is 3. The molecule has 0 saturated carbocycles. The van der Waals surface area contributed by atoms with Crippen molar-refractivity contribution in [2.24, 2.45) is 5.92 Å². The normalized spacial score (nSPS) is 34.9. The first-order valence-corrected chi connectivity index (χ1v) is 5.40. The van der Waals surface area contributed by atoms with Crippen molar-refractivity contribution >= 4 is 0 Å². The van der Waals surface area contributed by atoms with Crippen molar-refractivity contribution < 1.29 is 14.6 Å². The van der Waals surface area contributed by atoms with Gasteiger partial charge in [-0.2, -0.15) is 0 Å². The van der Waals surface area contributed by atoms with Crippen LogP contribution in [0.3, 0.4) is 0 Å². The summed E-state index contributed by atoms with van der Waals surface area (Å²) >= 11 is 0. The van der Waals surface area contributed by atoms with Crippen LogP contribution in [-0.4, -0.2) is 30.5 Å². The zero-order valence-electron chi connectivity index (χ0n) is 8.61. The van der Waals surface area contributed by atoms with Crippen LogP contribution in [0, 0.1) is 5.92 Å². The Morgan fingerprint density at radius 2 is 2.43 bits per heavy atom. The number of aliphatic hydroxyl groups is 1. The van der Waals surface area contributed by atoms with Crippen LogP contribution in [0.25, 0.3) is 0 Å². The molecule has 2 rings (SSSR count). The zero-order chi connectivity index (χ0) is 9.97. The Morgan fingerprint density at radius 1 is 1.57 bits per heavy atom. The molecule has 0 aliphatic carbocycles. The van der Waals surface area contributed by atoms with E-state index in [-0.39, 0.29) is 12.0 Å². The second-order valence-corrected chi connectivity index (χ2v) is 4.18. The minimum absolute atomic E-state index is 0.217. The topological polar surface area (TPSA) is 38.7 Å². The molecule has 1 fully saturated rings. The number of aliphatic hydroxyl groups excluding tert-OH is 1. The van der Waals surface area contributed by atoms with Crippen LogP contribution in [0.1, 0.15) is 26.2 Å². The van der Waals surface area contributed by atoms with Gasteiger partial charge >= 0.3 is 0 Å². The van der Waals surface area contributed by atoms with Crippen LogP contribution in [-0.2, 0) is 9.47 Å². The Hall–Kier alpha value is -0.540. The van der Waals surface area contributed by atoms with Crippen LogP contribution in [0.4, 0.5) is 0 Å². The summed E-state index contributed by atoms with van der Waals surface area (Å²) in [6.07, 6.45) is 4.85. The molecule has 80 valence electrons. The number of ether oxygens (including phenoxy) is 2. The highest BCUT2D eigenvalue weighted by atomic mass is 16.5. The van der Waals surface area contributed by atoms with Gasteiger partial charge in [0.15, 0.2) is 0 Å². The van der Waals surface area contributed by atoms with Gasteiger partial charge in [-0.25, -0.2) is 0 Å². The molecule has 0 radical (unpaired) electrons. The molecular weight excluding hydrogens is 180 g/mol. The van der Waals surface area contributed by atoms with Crippen LogP contribution < -0.4 is 0 Å². The van der Waals surface area contributed by atoms with Crippen molar-refractivity contribution in [1.82, 2.24) is 0 Å². The summed E-state index contributed by atoms with van der Waals surface area (Å²) in [5.74, 6) is 0.980. The second-order valence-electron chi connectivity index (χ2n) is 4.18. The van der Waals surface area contributed by atoms with Gasteiger partial charge in [0, 0.05) is 5.92 Å². The lowest BCUT2D eigenvalue weighted by molar-refractivity contribution is 0.0468. The minimum Gasteiger partial charge on any atom is -0.495 e. The summed E-state index contributed by atoms with van der Waals surface area (Å²) in [6.45, 7) is 3.44. The third-order valence-corrected chi connectivity index (χ3v) is 2.93. The summed E-state index contributed by atoms with van der Waals surface area (Å²) in [4.78, 5) is 0. The molecule has 3 unspecified atom stereocenters. The molecule has 2 heterocycles. The molecule has 1 saturated heterocycles. The summed E-state index contributed by atoms with van der Waals surface area (Å²) < 4.78 is 10.9. The predicted octanol–water partition coefficient (Wildman–Crippen LogP) is 1.47. The van der Waals surface area contributed by atoms with Crippen molar-refractivity contribution in [3.63, 3.8) is 0 Å². The molecule has 3 heteroatoms. The third kappa shape index (κ3) is 2.10. The fourth-order valence-corrected chi connectivity index (χ4v) is 2.09. The van der Waals surface area contributed by atoms with Crippen molar-refractivity contribution in [1.29, 1.82) is 0 Å². The van der Waals surface area contributed by atoms with Crippen molar-refractivity contribution in [3.8, 4) is 0 Å². The molecule has 0 amide bonds. The highest BCUT2D eigenvalue weighted by molar-refractivity contribution is 5.05. The van der Waals surface area contributed by atoms with Crippen LogP contribution in [0.2, 0.25) is 0 Å². The van der Waals surface area contributed by atoms with Gasteiger partial charge in [0.25, 0.3) is 0 Å². The van der Waals surface area contributed by atoms with Gasteiger partial charge in [-0.3, -0.25) is 0 Å². The van der Waals surface area contributed by atoms with Gasteiger partial charge in [0.05, 0.1) is 19.3 Å². The van der Waals surface area contributed by atoms with Crippen LogP contribution >= 0.6 is 0 Å². The molecule has 1 N–H and O–H groups in total.